The van der Waals surface area contributed by atoms with Crippen LogP contribution in [0.1, 0.15) is 25.7 Å². The van der Waals surface area contributed by atoms with Gasteiger partial charge in [0, 0.05) is 32.4 Å². The number of ketones is 1. The lowest BCUT2D eigenvalue weighted by molar-refractivity contribution is -0.119. The van der Waals surface area contributed by atoms with Crippen molar-refractivity contribution in [3.05, 3.63) is 24.0 Å². The number of cyclic esters (lactones) is 1. The van der Waals surface area contributed by atoms with Crippen LogP contribution in [0.25, 0.3) is 0 Å². The molecule has 7 nitrogen and oxygen atoms in total. The molecular formula is C17H20FN3O4. The highest BCUT2D eigenvalue weighted by Crippen LogP contribution is 2.29. The standard InChI is InChI=1S/C17H20FN3O4/c18-14-9-11(1-3-15(14)20-7-5-12(22)6-8-20)21-10-13(25-17(21)24)2-4-16(19)23/h1,3,9,13H,2,4-8,10H2,(H2,19,23). The van der Waals surface area contributed by atoms with Crippen LogP contribution in [-0.2, 0) is 14.3 Å². The Balaban J connectivity index is 1.69. The topological polar surface area (TPSA) is 92.9 Å². The van der Waals surface area contributed by atoms with Crippen molar-refractivity contribution in [2.24, 2.45) is 5.73 Å². The average Bonchev–Trinajstić information content (AvgIpc) is 2.95. The molecule has 2 aliphatic rings. The second-order valence-electron chi connectivity index (χ2n) is 6.28. The van der Waals surface area contributed by atoms with E-state index in [1.165, 1.54) is 11.0 Å². The van der Waals surface area contributed by atoms with E-state index in [-0.39, 0.29) is 18.7 Å². The Labute approximate surface area is 144 Å². The Hall–Kier alpha value is -2.64. The molecule has 1 aromatic carbocycles. The van der Waals surface area contributed by atoms with Gasteiger partial charge in [0.15, 0.2) is 0 Å². The molecule has 0 saturated carbocycles. The maximum Gasteiger partial charge on any atom is 0.414 e. The fourth-order valence-corrected chi connectivity index (χ4v) is 3.10. The maximum absolute atomic E-state index is 14.5. The van der Waals surface area contributed by atoms with Crippen molar-refractivity contribution in [2.45, 2.75) is 31.8 Å². The summed E-state index contributed by atoms with van der Waals surface area (Å²) in [5.74, 6) is -0.708. The van der Waals surface area contributed by atoms with Gasteiger partial charge in [-0.2, -0.15) is 0 Å². The molecule has 1 unspecified atom stereocenters. The van der Waals surface area contributed by atoms with Gasteiger partial charge >= 0.3 is 6.09 Å². The molecule has 0 aromatic heterocycles. The summed E-state index contributed by atoms with van der Waals surface area (Å²) in [5, 5.41) is 0. The number of halogens is 1. The minimum absolute atomic E-state index is 0.132. The number of amides is 2. The number of ether oxygens (including phenoxy) is 1. The highest BCUT2D eigenvalue weighted by atomic mass is 19.1. The predicted molar refractivity (Wildman–Crippen MR) is 88.9 cm³/mol. The molecule has 1 atom stereocenters. The van der Waals surface area contributed by atoms with Gasteiger partial charge in [-0.25, -0.2) is 9.18 Å². The number of benzene rings is 1. The largest absolute Gasteiger partial charge is 0.444 e. The fourth-order valence-electron chi connectivity index (χ4n) is 3.10. The molecule has 2 fully saturated rings. The summed E-state index contributed by atoms with van der Waals surface area (Å²) in [6.07, 6.45) is 0.316. The lowest BCUT2D eigenvalue weighted by Gasteiger charge is -2.28. The Morgan fingerprint density at radius 3 is 2.64 bits per heavy atom. The molecule has 8 heteroatoms. The molecule has 1 aromatic rings. The first kappa shape index (κ1) is 17.2. The van der Waals surface area contributed by atoms with Crippen molar-refractivity contribution >= 4 is 29.2 Å². The molecule has 0 bridgehead atoms. The number of piperidine rings is 1. The van der Waals surface area contributed by atoms with Crippen molar-refractivity contribution in [3.8, 4) is 0 Å². The molecule has 2 heterocycles. The van der Waals surface area contributed by atoms with Gasteiger partial charge in [-0.05, 0) is 24.6 Å². The summed E-state index contributed by atoms with van der Waals surface area (Å²) in [6, 6.07) is 4.57. The second-order valence-corrected chi connectivity index (χ2v) is 6.28. The molecule has 0 radical (unpaired) electrons. The number of hydrogen-bond donors (Lipinski definition) is 1. The molecule has 25 heavy (non-hydrogen) atoms. The van der Waals surface area contributed by atoms with Gasteiger partial charge in [-0.15, -0.1) is 0 Å². The number of nitrogens with two attached hydrogens (primary N) is 1. The zero-order valence-corrected chi connectivity index (χ0v) is 13.7. The summed E-state index contributed by atoms with van der Waals surface area (Å²) in [7, 11) is 0. The number of anilines is 2. The first-order chi connectivity index (χ1) is 11.9. The third-order valence-electron chi connectivity index (χ3n) is 4.49. The van der Waals surface area contributed by atoms with Crippen LogP contribution in [0.2, 0.25) is 0 Å². The number of primary amides is 1. The quantitative estimate of drug-likeness (QED) is 0.871. The summed E-state index contributed by atoms with van der Waals surface area (Å²) in [4.78, 5) is 37.3. The maximum atomic E-state index is 14.5. The highest BCUT2D eigenvalue weighted by molar-refractivity contribution is 5.90. The highest BCUT2D eigenvalue weighted by Gasteiger charge is 2.33. The number of nitrogens with zero attached hydrogens (tertiary/aromatic N) is 2. The Morgan fingerprint density at radius 1 is 1.28 bits per heavy atom. The van der Waals surface area contributed by atoms with E-state index in [9.17, 15) is 18.8 Å². The lowest BCUT2D eigenvalue weighted by atomic mass is 10.1. The van der Waals surface area contributed by atoms with Gasteiger partial charge in [-0.1, -0.05) is 0 Å². The van der Waals surface area contributed by atoms with Crippen molar-refractivity contribution in [2.75, 3.05) is 29.4 Å². The van der Waals surface area contributed by atoms with Crippen LogP contribution in [0.4, 0.5) is 20.6 Å². The Morgan fingerprint density at radius 2 is 2.00 bits per heavy atom. The molecule has 2 aliphatic heterocycles. The third kappa shape index (κ3) is 3.89. The van der Waals surface area contributed by atoms with Gasteiger partial charge in [-0.3, -0.25) is 14.5 Å². The van der Waals surface area contributed by atoms with Crippen LogP contribution < -0.4 is 15.5 Å². The van der Waals surface area contributed by atoms with Crippen LogP contribution in [0, 0.1) is 5.82 Å². The number of Topliss-reactive ketones (excluding diaryl/α,β-unsaturated/α-hetero) is 1. The SMILES string of the molecule is NC(=O)CCC1CN(c2ccc(N3CCC(=O)CC3)c(F)c2)C(=O)O1. The van der Waals surface area contributed by atoms with E-state index in [1.807, 2.05) is 4.90 Å². The van der Waals surface area contributed by atoms with Crippen LogP contribution in [-0.4, -0.2) is 43.5 Å². The Bertz CT molecular complexity index is 699. The molecule has 2 saturated heterocycles. The molecule has 2 N–H and O–H groups in total. The molecule has 134 valence electrons. The van der Waals surface area contributed by atoms with Gasteiger partial charge in [0.1, 0.15) is 17.7 Å². The minimum atomic E-state index is -0.565. The Kier molecular flexibility index (Phi) is 4.87. The second kappa shape index (κ2) is 7.08. The first-order valence-corrected chi connectivity index (χ1v) is 8.26. The van der Waals surface area contributed by atoms with Crippen molar-refractivity contribution in [3.63, 3.8) is 0 Å². The van der Waals surface area contributed by atoms with E-state index in [2.05, 4.69) is 0 Å². The summed E-state index contributed by atoms with van der Waals surface area (Å²) >= 11 is 0. The molecule has 2 amide bonds. The minimum Gasteiger partial charge on any atom is -0.444 e. The number of carbonyl (C=O) groups excluding carboxylic acids is 3. The van der Waals surface area contributed by atoms with Gasteiger partial charge in [0.2, 0.25) is 5.91 Å². The van der Waals surface area contributed by atoms with Crippen LogP contribution in [0.3, 0.4) is 0 Å². The van der Waals surface area contributed by atoms with Crippen LogP contribution in [0.15, 0.2) is 18.2 Å². The van der Waals surface area contributed by atoms with E-state index in [0.29, 0.717) is 43.7 Å². The number of rotatable bonds is 5. The van der Waals surface area contributed by atoms with Crippen LogP contribution >= 0.6 is 0 Å². The normalized spacial score (nSPS) is 20.8. The summed E-state index contributed by atoms with van der Waals surface area (Å²) in [5.41, 5.74) is 5.93. The lowest BCUT2D eigenvalue weighted by Crippen LogP contribution is -2.34. The number of carbonyl (C=O) groups is 3. The summed E-state index contributed by atoms with van der Waals surface area (Å²) < 4.78 is 19.7. The van der Waals surface area contributed by atoms with E-state index in [1.54, 1.807) is 12.1 Å². The van der Waals surface area contributed by atoms with E-state index >= 15 is 0 Å². The predicted octanol–water partition coefficient (Wildman–Crippen LogP) is 1.59. The van der Waals surface area contributed by atoms with Crippen molar-refractivity contribution < 1.29 is 23.5 Å². The molecule has 3 rings (SSSR count). The molecular weight excluding hydrogens is 329 g/mol. The van der Waals surface area contributed by atoms with Crippen molar-refractivity contribution in [1.82, 2.24) is 0 Å². The average molecular weight is 349 g/mol. The smallest absolute Gasteiger partial charge is 0.414 e. The van der Waals surface area contributed by atoms with E-state index in [4.69, 9.17) is 10.5 Å². The van der Waals surface area contributed by atoms with Crippen molar-refractivity contribution in [1.29, 1.82) is 0 Å². The first-order valence-electron chi connectivity index (χ1n) is 8.26. The zero-order chi connectivity index (χ0) is 18.0. The van der Waals surface area contributed by atoms with E-state index < -0.39 is 23.9 Å². The monoisotopic (exact) mass is 349 g/mol. The van der Waals surface area contributed by atoms with Gasteiger partial charge in [0.25, 0.3) is 0 Å². The van der Waals surface area contributed by atoms with Gasteiger partial charge in [0.05, 0.1) is 17.9 Å². The van der Waals surface area contributed by atoms with Crippen LogP contribution in [0.5, 0.6) is 0 Å². The number of hydrogen-bond acceptors (Lipinski definition) is 5. The summed E-state index contributed by atoms with van der Waals surface area (Å²) in [6.45, 7) is 1.25. The fraction of sp³-hybridized carbons (Fsp3) is 0.471. The molecule has 0 spiro atoms. The third-order valence-corrected chi connectivity index (χ3v) is 4.49. The van der Waals surface area contributed by atoms with Gasteiger partial charge < -0.3 is 15.4 Å². The van der Waals surface area contributed by atoms with E-state index in [0.717, 1.165) is 0 Å². The molecule has 0 aliphatic carbocycles. The zero-order valence-electron chi connectivity index (χ0n) is 13.7.